The first-order chi connectivity index (χ1) is 10.1. The Kier molecular flexibility index (Phi) is 3.64. The summed E-state index contributed by atoms with van der Waals surface area (Å²) in [7, 11) is 0. The van der Waals surface area contributed by atoms with Crippen LogP contribution in [0.5, 0.6) is 0 Å². The molecule has 0 aliphatic rings. The van der Waals surface area contributed by atoms with Gasteiger partial charge in [0, 0.05) is 22.4 Å². The number of imidazole rings is 1. The number of nitrogens with zero attached hydrogens (tertiary/aromatic N) is 2. The van der Waals surface area contributed by atoms with Crippen molar-refractivity contribution in [2.75, 3.05) is 0 Å². The second-order valence-corrected chi connectivity index (χ2v) is 5.93. The highest BCUT2D eigenvalue weighted by Crippen LogP contribution is 2.28. The molecule has 2 aromatic carbocycles. The fraction of sp³-hybridized carbons (Fsp3) is 0.118. The van der Waals surface area contributed by atoms with E-state index in [1.807, 2.05) is 10.8 Å². The third kappa shape index (κ3) is 2.63. The number of aryl methyl sites for hydroxylation is 2. The van der Waals surface area contributed by atoms with Gasteiger partial charge in [0.15, 0.2) is 0 Å². The summed E-state index contributed by atoms with van der Waals surface area (Å²) in [5.74, 6) is 0.566. The minimum absolute atomic E-state index is 0.243. The Hall–Kier alpha value is -1.94. The predicted octanol–water partition coefficient (Wildman–Crippen LogP) is 5.06. The summed E-state index contributed by atoms with van der Waals surface area (Å²) in [4.78, 5) is 4.43. The van der Waals surface area contributed by atoms with E-state index in [9.17, 15) is 4.39 Å². The van der Waals surface area contributed by atoms with Crippen molar-refractivity contribution in [1.29, 1.82) is 0 Å². The van der Waals surface area contributed by atoms with Crippen LogP contribution in [0.15, 0.2) is 53.3 Å². The lowest BCUT2D eigenvalue weighted by molar-refractivity contribution is 0.628. The molecular formula is C17H14BrFN2. The predicted molar refractivity (Wildman–Crippen MR) is 86.1 cm³/mol. The Bertz CT molecular complexity index is 768. The molecule has 0 saturated heterocycles. The van der Waals surface area contributed by atoms with Crippen LogP contribution in [-0.4, -0.2) is 9.55 Å². The fourth-order valence-corrected chi connectivity index (χ4v) is 3.27. The van der Waals surface area contributed by atoms with Crippen molar-refractivity contribution in [3.8, 4) is 17.1 Å². The van der Waals surface area contributed by atoms with Gasteiger partial charge in [0.25, 0.3) is 0 Å². The van der Waals surface area contributed by atoms with Gasteiger partial charge in [-0.15, -0.1) is 0 Å². The van der Waals surface area contributed by atoms with Crippen molar-refractivity contribution < 1.29 is 4.39 Å². The first-order valence-electron chi connectivity index (χ1n) is 6.62. The number of aromatic nitrogens is 2. The molecule has 106 valence electrons. The van der Waals surface area contributed by atoms with Gasteiger partial charge in [-0.25, -0.2) is 9.37 Å². The third-order valence-electron chi connectivity index (χ3n) is 3.44. The van der Waals surface area contributed by atoms with E-state index in [1.165, 1.54) is 12.1 Å². The second-order valence-electron chi connectivity index (χ2n) is 5.02. The van der Waals surface area contributed by atoms with E-state index >= 15 is 0 Å². The molecule has 21 heavy (non-hydrogen) atoms. The summed E-state index contributed by atoms with van der Waals surface area (Å²) in [5.41, 5.74) is 4.31. The maximum absolute atomic E-state index is 13.1. The zero-order valence-corrected chi connectivity index (χ0v) is 13.4. The first-order valence-corrected chi connectivity index (χ1v) is 7.42. The molecule has 0 fully saturated rings. The summed E-state index contributed by atoms with van der Waals surface area (Å²) in [6.07, 6.45) is 3.70. The van der Waals surface area contributed by atoms with Crippen LogP contribution in [0.2, 0.25) is 0 Å². The molecule has 0 bridgehead atoms. The van der Waals surface area contributed by atoms with Gasteiger partial charge < -0.3 is 0 Å². The van der Waals surface area contributed by atoms with E-state index in [0.717, 1.165) is 32.7 Å². The molecule has 0 spiro atoms. The Labute approximate surface area is 131 Å². The molecule has 3 aromatic rings. The van der Waals surface area contributed by atoms with E-state index in [4.69, 9.17) is 0 Å². The fourth-order valence-electron chi connectivity index (χ4n) is 2.58. The molecule has 0 radical (unpaired) electrons. The zero-order chi connectivity index (χ0) is 15.0. The van der Waals surface area contributed by atoms with Gasteiger partial charge in [0.05, 0.1) is 5.69 Å². The minimum atomic E-state index is -0.243. The molecule has 0 aliphatic carbocycles. The molecule has 0 N–H and O–H groups in total. The van der Waals surface area contributed by atoms with Gasteiger partial charge in [-0.3, -0.25) is 4.57 Å². The number of hydrogen-bond acceptors (Lipinski definition) is 1. The highest BCUT2D eigenvalue weighted by molar-refractivity contribution is 9.10. The average Bonchev–Trinajstić information content (AvgIpc) is 2.87. The van der Waals surface area contributed by atoms with E-state index in [0.29, 0.717) is 0 Å². The number of halogens is 2. The molecule has 0 saturated carbocycles. The molecule has 0 amide bonds. The van der Waals surface area contributed by atoms with Crippen LogP contribution < -0.4 is 0 Å². The highest BCUT2D eigenvalue weighted by Gasteiger charge is 2.12. The highest BCUT2D eigenvalue weighted by atomic mass is 79.9. The van der Waals surface area contributed by atoms with Crippen LogP contribution in [0.4, 0.5) is 4.39 Å². The van der Waals surface area contributed by atoms with Gasteiger partial charge in [-0.05, 0) is 61.4 Å². The molecule has 0 atom stereocenters. The summed E-state index contributed by atoms with van der Waals surface area (Å²) in [6.45, 7) is 4.14. The molecule has 1 heterocycles. The largest absolute Gasteiger partial charge is 0.299 e. The topological polar surface area (TPSA) is 17.8 Å². The summed E-state index contributed by atoms with van der Waals surface area (Å²) < 4.78 is 16.2. The number of hydrogen-bond donors (Lipinski definition) is 0. The smallest absolute Gasteiger partial charge is 0.144 e. The standard InChI is InChI=1S/C17H14BrFN2/c1-11-9-14(18)10-12(2)16(11)21-8-7-20-17(21)13-3-5-15(19)6-4-13/h3-10H,1-2H3. The van der Waals surface area contributed by atoms with E-state index in [1.54, 1.807) is 18.3 Å². The van der Waals surface area contributed by atoms with Crippen LogP contribution >= 0.6 is 15.9 Å². The Balaban J connectivity index is 2.18. The lowest BCUT2D eigenvalue weighted by atomic mass is 10.1. The third-order valence-corrected chi connectivity index (χ3v) is 3.90. The Morgan fingerprint density at radius 1 is 1.05 bits per heavy atom. The normalized spacial score (nSPS) is 10.9. The zero-order valence-electron chi connectivity index (χ0n) is 11.8. The van der Waals surface area contributed by atoms with Gasteiger partial charge in [0.2, 0.25) is 0 Å². The lowest BCUT2D eigenvalue weighted by Crippen LogP contribution is -2.01. The van der Waals surface area contributed by atoms with Crippen molar-refractivity contribution in [2.45, 2.75) is 13.8 Å². The molecule has 3 rings (SSSR count). The molecule has 2 nitrogen and oxygen atoms in total. The van der Waals surface area contributed by atoms with Crippen molar-refractivity contribution in [2.24, 2.45) is 0 Å². The Morgan fingerprint density at radius 2 is 1.67 bits per heavy atom. The van der Waals surface area contributed by atoms with Gasteiger partial charge >= 0.3 is 0 Å². The quantitative estimate of drug-likeness (QED) is 0.635. The number of benzene rings is 2. The van der Waals surface area contributed by atoms with Crippen LogP contribution in [0.25, 0.3) is 17.1 Å². The van der Waals surface area contributed by atoms with E-state index in [-0.39, 0.29) is 5.82 Å². The summed E-state index contributed by atoms with van der Waals surface area (Å²) in [5, 5.41) is 0. The lowest BCUT2D eigenvalue weighted by Gasteiger charge is -2.14. The monoisotopic (exact) mass is 344 g/mol. The molecule has 0 unspecified atom stereocenters. The number of rotatable bonds is 2. The average molecular weight is 345 g/mol. The SMILES string of the molecule is Cc1cc(Br)cc(C)c1-n1ccnc1-c1ccc(F)cc1. The maximum atomic E-state index is 13.1. The van der Waals surface area contributed by atoms with Crippen molar-refractivity contribution >= 4 is 15.9 Å². The van der Waals surface area contributed by atoms with E-state index in [2.05, 4.69) is 46.9 Å². The minimum Gasteiger partial charge on any atom is -0.299 e. The van der Waals surface area contributed by atoms with Crippen molar-refractivity contribution in [3.05, 3.63) is 70.2 Å². The molecule has 4 heteroatoms. The van der Waals surface area contributed by atoms with Crippen LogP contribution in [-0.2, 0) is 0 Å². The van der Waals surface area contributed by atoms with Crippen LogP contribution in [0.3, 0.4) is 0 Å². The molecule has 0 aliphatic heterocycles. The van der Waals surface area contributed by atoms with E-state index < -0.39 is 0 Å². The Morgan fingerprint density at radius 3 is 2.29 bits per heavy atom. The van der Waals surface area contributed by atoms with Crippen molar-refractivity contribution in [1.82, 2.24) is 9.55 Å². The summed E-state index contributed by atoms with van der Waals surface area (Å²) in [6, 6.07) is 10.6. The van der Waals surface area contributed by atoms with Crippen LogP contribution in [0.1, 0.15) is 11.1 Å². The van der Waals surface area contributed by atoms with Gasteiger partial charge in [-0.2, -0.15) is 0 Å². The molecular weight excluding hydrogens is 331 g/mol. The first kappa shape index (κ1) is 14.0. The maximum Gasteiger partial charge on any atom is 0.144 e. The molecule has 1 aromatic heterocycles. The van der Waals surface area contributed by atoms with Crippen molar-refractivity contribution in [3.63, 3.8) is 0 Å². The van der Waals surface area contributed by atoms with Gasteiger partial charge in [-0.1, -0.05) is 15.9 Å². The summed E-state index contributed by atoms with van der Waals surface area (Å²) >= 11 is 3.52. The van der Waals surface area contributed by atoms with Gasteiger partial charge in [0.1, 0.15) is 11.6 Å². The van der Waals surface area contributed by atoms with Crippen LogP contribution in [0, 0.1) is 19.7 Å². The second kappa shape index (κ2) is 5.45.